The number of hydrogen-bond donors (Lipinski definition) is 1. The minimum Gasteiger partial charge on any atom is -0.508 e. The maximum absolute atomic E-state index is 9.58. The summed E-state index contributed by atoms with van der Waals surface area (Å²) in [5.74, 6) is 0.771. The van der Waals surface area contributed by atoms with Crippen LogP contribution in [0.1, 0.15) is 19.4 Å². The minimum atomic E-state index is 0.163. The van der Waals surface area contributed by atoms with Crippen LogP contribution in [0.4, 0.5) is 0 Å². The van der Waals surface area contributed by atoms with Gasteiger partial charge in [-0.05, 0) is 35.2 Å². The van der Waals surface area contributed by atoms with Gasteiger partial charge in [-0.15, -0.1) is 0 Å². The monoisotopic (exact) mass is 328 g/mol. The number of hydrogen-bond acceptors (Lipinski definition) is 4. The molecule has 0 aliphatic carbocycles. The van der Waals surface area contributed by atoms with Gasteiger partial charge in [-0.25, -0.2) is 0 Å². The van der Waals surface area contributed by atoms with Crippen molar-refractivity contribution in [2.24, 2.45) is 0 Å². The highest BCUT2D eigenvalue weighted by molar-refractivity contribution is 7.20. The summed E-state index contributed by atoms with van der Waals surface area (Å²) in [4.78, 5) is 0. The third-order valence-electron chi connectivity index (χ3n) is 3.00. The lowest BCUT2D eigenvalue weighted by Gasteiger charge is -2.02. The van der Waals surface area contributed by atoms with Crippen LogP contribution in [0.3, 0.4) is 0 Å². The Hall–Kier alpha value is -2.46. The van der Waals surface area contributed by atoms with E-state index in [4.69, 9.17) is 9.47 Å². The SMILES string of the molecule is CC.COc1cc(O)cc(/C=C/Oc2cc3ccccc3s2)c1. The molecule has 0 aliphatic rings. The Morgan fingerprint density at radius 1 is 1.04 bits per heavy atom. The summed E-state index contributed by atoms with van der Waals surface area (Å²) < 4.78 is 11.9. The molecule has 0 spiro atoms. The molecular formula is C19H20O3S. The van der Waals surface area contributed by atoms with Gasteiger partial charge in [-0.1, -0.05) is 43.4 Å². The number of ether oxygens (including phenoxy) is 2. The zero-order chi connectivity index (χ0) is 16.7. The summed E-state index contributed by atoms with van der Waals surface area (Å²) in [6, 6.07) is 15.2. The molecule has 23 heavy (non-hydrogen) atoms. The van der Waals surface area contributed by atoms with Crippen molar-refractivity contribution in [1.29, 1.82) is 0 Å². The van der Waals surface area contributed by atoms with Crippen LogP contribution in [-0.4, -0.2) is 12.2 Å². The minimum absolute atomic E-state index is 0.163. The molecule has 0 atom stereocenters. The topological polar surface area (TPSA) is 38.7 Å². The Morgan fingerprint density at radius 3 is 2.57 bits per heavy atom. The summed E-state index contributed by atoms with van der Waals surface area (Å²) in [5, 5.41) is 11.6. The van der Waals surface area contributed by atoms with Crippen LogP contribution >= 0.6 is 11.3 Å². The smallest absolute Gasteiger partial charge is 0.181 e. The van der Waals surface area contributed by atoms with Gasteiger partial charge in [0, 0.05) is 16.8 Å². The molecule has 4 heteroatoms. The van der Waals surface area contributed by atoms with Gasteiger partial charge in [0.15, 0.2) is 5.06 Å². The highest BCUT2D eigenvalue weighted by atomic mass is 32.1. The number of thiophene rings is 1. The van der Waals surface area contributed by atoms with E-state index < -0.39 is 0 Å². The molecule has 0 radical (unpaired) electrons. The average molecular weight is 328 g/mol. The van der Waals surface area contributed by atoms with E-state index in [0.29, 0.717) is 5.75 Å². The summed E-state index contributed by atoms with van der Waals surface area (Å²) in [7, 11) is 1.57. The van der Waals surface area contributed by atoms with Crippen LogP contribution in [0.25, 0.3) is 16.2 Å². The molecule has 0 saturated carbocycles. The molecule has 120 valence electrons. The van der Waals surface area contributed by atoms with E-state index in [1.165, 1.54) is 10.1 Å². The van der Waals surface area contributed by atoms with Crippen molar-refractivity contribution in [3.05, 3.63) is 60.4 Å². The van der Waals surface area contributed by atoms with E-state index in [2.05, 4.69) is 12.1 Å². The highest BCUT2D eigenvalue weighted by Crippen LogP contribution is 2.31. The van der Waals surface area contributed by atoms with Crippen molar-refractivity contribution >= 4 is 27.5 Å². The summed E-state index contributed by atoms with van der Waals surface area (Å²) >= 11 is 1.60. The molecule has 0 unspecified atom stereocenters. The summed E-state index contributed by atoms with van der Waals surface area (Å²) in [5.41, 5.74) is 0.813. The molecule has 0 saturated heterocycles. The van der Waals surface area contributed by atoms with Crippen molar-refractivity contribution < 1.29 is 14.6 Å². The number of phenols is 1. The van der Waals surface area contributed by atoms with Gasteiger partial charge in [0.05, 0.1) is 13.4 Å². The predicted molar refractivity (Wildman–Crippen MR) is 97.5 cm³/mol. The van der Waals surface area contributed by atoms with Gasteiger partial charge >= 0.3 is 0 Å². The van der Waals surface area contributed by atoms with Gasteiger partial charge in [-0.3, -0.25) is 0 Å². The lowest BCUT2D eigenvalue weighted by Crippen LogP contribution is -1.84. The standard InChI is InChI=1S/C17H14O3S.C2H6/c1-19-15-9-12(8-14(18)11-15)6-7-20-17-10-13-4-2-3-5-16(13)21-17;1-2/h2-11,18H,1H3;1-2H3/b7-6+;. The molecular weight excluding hydrogens is 308 g/mol. The van der Waals surface area contributed by atoms with E-state index in [9.17, 15) is 5.11 Å². The largest absolute Gasteiger partial charge is 0.508 e. The Bertz CT molecular complexity index is 757. The van der Waals surface area contributed by atoms with Gasteiger partial charge in [0.25, 0.3) is 0 Å². The van der Waals surface area contributed by atoms with E-state index in [-0.39, 0.29) is 5.75 Å². The molecule has 0 amide bonds. The Labute approximate surface area is 140 Å². The predicted octanol–water partition coefficient (Wildman–Crippen LogP) is 5.69. The first kappa shape index (κ1) is 16.9. The third-order valence-corrected chi connectivity index (χ3v) is 4.00. The van der Waals surface area contributed by atoms with Crippen LogP contribution in [-0.2, 0) is 0 Å². The molecule has 0 fully saturated rings. The third kappa shape index (κ3) is 4.50. The lowest BCUT2D eigenvalue weighted by atomic mass is 10.2. The van der Waals surface area contributed by atoms with Crippen LogP contribution in [0.15, 0.2) is 54.8 Å². The fourth-order valence-corrected chi connectivity index (χ4v) is 2.91. The second-order valence-corrected chi connectivity index (χ2v) is 5.53. The van der Waals surface area contributed by atoms with Crippen molar-refractivity contribution in [2.75, 3.05) is 7.11 Å². The number of fused-ring (bicyclic) bond motifs is 1. The molecule has 0 bridgehead atoms. The molecule has 2 aromatic carbocycles. The Morgan fingerprint density at radius 2 is 1.83 bits per heavy atom. The zero-order valence-corrected chi connectivity index (χ0v) is 14.3. The zero-order valence-electron chi connectivity index (χ0n) is 13.4. The van der Waals surface area contributed by atoms with Crippen LogP contribution in [0.5, 0.6) is 16.6 Å². The van der Waals surface area contributed by atoms with Crippen molar-refractivity contribution in [3.8, 4) is 16.6 Å². The fourth-order valence-electron chi connectivity index (χ4n) is 2.02. The Balaban J connectivity index is 0.000000924. The number of aromatic hydroxyl groups is 1. The first-order valence-electron chi connectivity index (χ1n) is 7.44. The van der Waals surface area contributed by atoms with E-state index in [1.54, 1.807) is 42.9 Å². The number of rotatable bonds is 4. The van der Waals surface area contributed by atoms with E-state index >= 15 is 0 Å². The molecule has 3 nitrogen and oxygen atoms in total. The molecule has 3 rings (SSSR count). The van der Waals surface area contributed by atoms with Crippen LogP contribution in [0.2, 0.25) is 0 Å². The quantitative estimate of drug-likeness (QED) is 0.625. The van der Waals surface area contributed by atoms with Crippen molar-refractivity contribution in [2.45, 2.75) is 13.8 Å². The Kier molecular flexibility index (Phi) is 6.06. The van der Waals surface area contributed by atoms with Gasteiger partial charge in [0.2, 0.25) is 0 Å². The van der Waals surface area contributed by atoms with E-state index in [0.717, 1.165) is 10.6 Å². The van der Waals surface area contributed by atoms with Crippen molar-refractivity contribution in [3.63, 3.8) is 0 Å². The second-order valence-electron chi connectivity index (χ2n) is 4.49. The molecule has 0 aliphatic heterocycles. The fraction of sp³-hybridized carbons (Fsp3) is 0.158. The summed E-state index contributed by atoms with van der Waals surface area (Å²) in [6.07, 6.45) is 3.39. The first-order valence-corrected chi connectivity index (χ1v) is 8.26. The molecule has 1 aromatic heterocycles. The molecule has 1 heterocycles. The van der Waals surface area contributed by atoms with E-state index in [1.807, 2.05) is 38.1 Å². The van der Waals surface area contributed by atoms with Crippen LogP contribution in [0, 0.1) is 0 Å². The van der Waals surface area contributed by atoms with Gasteiger partial charge in [-0.2, -0.15) is 0 Å². The summed E-state index contributed by atoms with van der Waals surface area (Å²) in [6.45, 7) is 4.00. The number of methoxy groups -OCH3 is 1. The van der Waals surface area contributed by atoms with Gasteiger partial charge < -0.3 is 14.6 Å². The maximum Gasteiger partial charge on any atom is 0.181 e. The maximum atomic E-state index is 9.58. The lowest BCUT2D eigenvalue weighted by molar-refractivity contribution is 0.407. The number of benzene rings is 2. The molecule has 1 N–H and O–H groups in total. The average Bonchev–Trinajstić information content (AvgIpc) is 2.99. The molecule has 3 aromatic rings. The van der Waals surface area contributed by atoms with Crippen LogP contribution < -0.4 is 9.47 Å². The second kappa shape index (κ2) is 8.25. The van der Waals surface area contributed by atoms with Gasteiger partial charge in [0.1, 0.15) is 11.5 Å². The normalized spacial score (nSPS) is 10.4. The highest BCUT2D eigenvalue weighted by Gasteiger charge is 2.01. The van der Waals surface area contributed by atoms with Crippen molar-refractivity contribution in [1.82, 2.24) is 0 Å². The first-order chi connectivity index (χ1) is 11.2. The number of phenolic OH excluding ortho intramolecular Hbond substituents is 1.